The van der Waals surface area contributed by atoms with E-state index in [1.165, 1.54) is 21.0 Å². The number of hydrogen-bond donors (Lipinski definition) is 2. The van der Waals surface area contributed by atoms with Crippen molar-refractivity contribution in [1.82, 2.24) is 15.5 Å². The number of methoxy groups -OCH3 is 1. The molecule has 1 atom stereocenters. The maximum absolute atomic E-state index is 11.9. The molecular formula is C16H18N4O6. The summed E-state index contributed by atoms with van der Waals surface area (Å²) >= 11 is 0. The first-order chi connectivity index (χ1) is 12.4. The second-order valence-corrected chi connectivity index (χ2v) is 5.20. The lowest BCUT2D eigenvalue weighted by molar-refractivity contribution is -0.142. The lowest BCUT2D eigenvalue weighted by atomic mass is 10.3. The smallest absolute Gasteiger partial charge is 0.328 e. The summed E-state index contributed by atoms with van der Waals surface area (Å²) in [7, 11) is 1.21. The molecular weight excluding hydrogens is 344 g/mol. The minimum Gasteiger partial charge on any atom is -0.483 e. The van der Waals surface area contributed by atoms with E-state index in [1.54, 1.807) is 24.3 Å². The average molecular weight is 362 g/mol. The number of esters is 1. The van der Waals surface area contributed by atoms with Crippen LogP contribution in [0, 0.1) is 0 Å². The van der Waals surface area contributed by atoms with E-state index in [9.17, 15) is 14.4 Å². The van der Waals surface area contributed by atoms with Gasteiger partial charge in [-0.25, -0.2) is 4.79 Å². The average Bonchev–Trinajstić information content (AvgIpc) is 3.08. The van der Waals surface area contributed by atoms with E-state index in [1.807, 2.05) is 0 Å². The quantitative estimate of drug-likeness (QED) is 0.694. The molecule has 2 amide bonds. The molecule has 1 aromatic carbocycles. The number of amides is 2. The van der Waals surface area contributed by atoms with E-state index in [0.29, 0.717) is 11.4 Å². The van der Waals surface area contributed by atoms with Gasteiger partial charge in [-0.2, -0.15) is 4.98 Å². The summed E-state index contributed by atoms with van der Waals surface area (Å²) in [6.45, 7) is 2.76. The molecule has 0 saturated heterocycles. The number of para-hydroxylation sites is 2. The van der Waals surface area contributed by atoms with Crippen LogP contribution in [-0.4, -0.2) is 41.1 Å². The van der Waals surface area contributed by atoms with Crippen LogP contribution in [0.25, 0.3) is 0 Å². The normalized spacial score (nSPS) is 11.3. The number of nitrogens with zero attached hydrogens (tertiary/aromatic N) is 2. The third-order valence-corrected chi connectivity index (χ3v) is 3.12. The van der Waals surface area contributed by atoms with Gasteiger partial charge in [0, 0.05) is 6.92 Å². The predicted molar refractivity (Wildman–Crippen MR) is 88.3 cm³/mol. The molecule has 138 valence electrons. The van der Waals surface area contributed by atoms with Crippen molar-refractivity contribution in [1.29, 1.82) is 0 Å². The fraction of sp³-hybridized carbons (Fsp3) is 0.312. The van der Waals surface area contributed by atoms with Gasteiger partial charge in [0.15, 0.2) is 6.61 Å². The van der Waals surface area contributed by atoms with Gasteiger partial charge in [-0.05, 0) is 19.1 Å². The highest BCUT2D eigenvalue weighted by molar-refractivity contribution is 5.92. The first-order valence-electron chi connectivity index (χ1n) is 7.61. The van der Waals surface area contributed by atoms with Crippen molar-refractivity contribution >= 4 is 23.5 Å². The second-order valence-electron chi connectivity index (χ2n) is 5.20. The van der Waals surface area contributed by atoms with Gasteiger partial charge in [0.05, 0.1) is 12.8 Å². The van der Waals surface area contributed by atoms with Crippen molar-refractivity contribution in [3.8, 4) is 5.75 Å². The Kier molecular flexibility index (Phi) is 6.25. The summed E-state index contributed by atoms with van der Waals surface area (Å²) in [6, 6.07) is 5.97. The van der Waals surface area contributed by atoms with Gasteiger partial charge in [-0.1, -0.05) is 17.3 Å². The molecule has 0 aliphatic carbocycles. The molecule has 10 heteroatoms. The molecule has 10 nitrogen and oxygen atoms in total. The SMILES string of the molecule is COC(=O)[C@H](C)NC(=O)c1nc(COc2ccccc2NC(C)=O)no1. The number of rotatable bonds is 7. The Labute approximate surface area is 148 Å². The zero-order valence-electron chi connectivity index (χ0n) is 14.4. The van der Waals surface area contributed by atoms with Gasteiger partial charge >= 0.3 is 17.8 Å². The molecule has 0 bridgehead atoms. The standard InChI is InChI=1S/C16H18N4O6/c1-9(16(23)24-3)17-14(22)15-19-13(20-26-15)8-25-12-7-5-4-6-11(12)18-10(2)21/h4-7,9H,8H2,1-3H3,(H,17,22)(H,18,21)/t9-/m0/s1. The maximum Gasteiger partial charge on any atom is 0.328 e. The highest BCUT2D eigenvalue weighted by Crippen LogP contribution is 2.24. The number of aromatic nitrogens is 2. The number of ether oxygens (including phenoxy) is 2. The van der Waals surface area contributed by atoms with Crippen LogP contribution >= 0.6 is 0 Å². The molecule has 0 unspecified atom stereocenters. The minimum atomic E-state index is -0.858. The lowest BCUT2D eigenvalue weighted by Gasteiger charge is -2.09. The van der Waals surface area contributed by atoms with Gasteiger partial charge in [0.25, 0.3) is 0 Å². The van der Waals surface area contributed by atoms with Crippen LogP contribution in [0.2, 0.25) is 0 Å². The maximum atomic E-state index is 11.9. The zero-order chi connectivity index (χ0) is 19.1. The fourth-order valence-corrected chi connectivity index (χ4v) is 1.93. The van der Waals surface area contributed by atoms with Crippen LogP contribution in [-0.2, 0) is 20.9 Å². The predicted octanol–water partition coefficient (Wildman–Crippen LogP) is 0.898. The Balaban J connectivity index is 1.98. The highest BCUT2D eigenvalue weighted by atomic mass is 16.5. The van der Waals surface area contributed by atoms with Gasteiger partial charge in [0.1, 0.15) is 11.8 Å². The first kappa shape index (κ1) is 18.9. The molecule has 0 fully saturated rings. The zero-order valence-corrected chi connectivity index (χ0v) is 14.4. The van der Waals surface area contributed by atoms with Crippen LogP contribution in [0.1, 0.15) is 30.4 Å². The van der Waals surface area contributed by atoms with Crippen LogP contribution in [0.3, 0.4) is 0 Å². The van der Waals surface area contributed by atoms with E-state index in [4.69, 9.17) is 9.26 Å². The van der Waals surface area contributed by atoms with E-state index >= 15 is 0 Å². The number of carbonyl (C=O) groups excluding carboxylic acids is 3. The molecule has 0 spiro atoms. The number of carbonyl (C=O) groups is 3. The molecule has 2 aromatic rings. The largest absolute Gasteiger partial charge is 0.483 e. The van der Waals surface area contributed by atoms with Crippen molar-refractivity contribution in [3.05, 3.63) is 36.0 Å². The van der Waals surface area contributed by atoms with Gasteiger partial charge in [-0.15, -0.1) is 0 Å². The Hall–Kier alpha value is -3.43. The molecule has 26 heavy (non-hydrogen) atoms. The topological polar surface area (TPSA) is 133 Å². The summed E-state index contributed by atoms with van der Waals surface area (Å²) in [6.07, 6.45) is 0. The second kappa shape index (κ2) is 8.60. The fourth-order valence-electron chi connectivity index (χ4n) is 1.93. The Morgan fingerprint density at radius 3 is 2.69 bits per heavy atom. The van der Waals surface area contributed by atoms with Crippen LogP contribution < -0.4 is 15.4 Å². The highest BCUT2D eigenvalue weighted by Gasteiger charge is 2.21. The number of nitrogens with one attached hydrogen (secondary N) is 2. The van der Waals surface area contributed by atoms with Gasteiger partial charge in [0.2, 0.25) is 11.7 Å². The third-order valence-electron chi connectivity index (χ3n) is 3.12. The van der Waals surface area contributed by atoms with Crippen LogP contribution in [0.5, 0.6) is 5.75 Å². The van der Waals surface area contributed by atoms with Crippen LogP contribution in [0.15, 0.2) is 28.8 Å². The Morgan fingerprint density at radius 2 is 2.00 bits per heavy atom. The molecule has 0 aliphatic heterocycles. The van der Waals surface area contributed by atoms with Gasteiger partial charge < -0.3 is 24.6 Å². The molecule has 1 heterocycles. The number of benzene rings is 1. The number of hydrogen-bond acceptors (Lipinski definition) is 8. The molecule has 2 rings (SSSR count). The van der Waals surface area contributed by atoms with E-state index in [0.717, 1.165) is 0 Å². The first-order valence-corrected chi connectivity index (χ1v) is 7.61. The minimum absolute atomic E-state index is 0.0834. The molecule has 0 aliphatic rings. The van der Waals surface area contributed by atoms with E-state index in [-0.39, 0.29) is 24.2 Å². The summed E-state index contributed by atoms with van der Waals surface area (Å²) in [5.74, 6) is -1.32. The molecule has 0 radical (unpaired) electrons. The Bertz CT molecular complexity index is 804. The number of anilines is 1. The van der Waals surface area contributed by atoms with E-state index in [2.05, 4.69) is 25.5 Å². The Morgan fingerprint density at radius 1 is 1.27 bits per heavy atom. The third kappa shape index (κ3) is 5.03. The summed E-state index contributed by atoms with van der Waals surface area (Å²) in [5, 5.41) is 8.64. The lowest BCUT2D eigenvalue weighted by Crippen LogP contribution is -2.39. The van der Waals surface area contributed by atoms with Crippen molar-refractivity contribution in [3.63, 3.8) is 0 Å². The summed E-state index contributed by atoms with van der Waals surface area (Å²) < 4.78 is 14.9. The van der Waals surface area contributed by atoms with Gasteiger partial charge in [-0.3, -0.25) is 9.59 Å². The van der Waals surface area contributed by atoms with Crippen molar-refractivity contribution < 1.29 is 28.4 Å². The van der Waals surface area contributed by atoms with Crippen molar-refractivity contribution in [2.24, 2.45) is 0 Å². The van der Waals surface area contributed by atoms with Crippen LogP contribution in [0.4, 0.5) is 5.69 Å². The summed E-state index contributed by atoms with van der Waals surface area (Å²) in [4.78, 5) is 38.3. The molecule has 1 aromatic heterocycles. The summed E-state index contributed by atoms with van der Waals surface area (Å²) in [5.41, 5.74) is 0.494. The molecule has 0 saturated carbocycles. The van der Waals surface area contributed by atoms with E-state index < -0.39 is 17.9 Å². The molecule has 2 N–H and O–H groups in total. The monoisotopic (exact) mass is 362 g/mol. The van der Waals surface area contributed by atoms with Crippen molar-refractivity contribution in [2.75, 3.05) is 12.4 Å². The van der Waals surface area contributed by atoms with Crippen molar-refractivity contribution in [2.45, 2.75) is 26.5 Å².